The summed E-state index contributed by atoms with van der Waals surface area (Å²) in [7, 11) is 0. The topological polar surface area (TPSA) is 400 Å². The van der Waals surface area contributed by atoms with Crippen LogP contribution in [0.3, 0.4) is 0 Å². The number of hydrogen-bond acceptors (Lipinski definition) is 22. The lowest BCUT2D eigenvalue weighted by atomic mass is 9.87. The van der Waals surface area contributed by atoms with Gasteiger partial charge in [0.1, 0.15) is 47.6 Å². The Labute approximate surface area is 570 Å². The van der Waals surface area contributed by atoms with Crippen LogP contribution in [0, 0.1) is 17.8 Å². The van der Waals surface area contributed by atoms with E-state index >= 15 is 0 Å². The minimum absolute atomic E-state index is 0.0261. The molecule has 3 aliphatic heterocycles. The molecule has 0 radical (unpaired) electrons. The van der Waals surface area contributed by atoms with Gasteiger partial charge in [-0.2, -0.15) is 13.2 Å². The van der Waals surface area contributed by atoms with E-state index in [0.29, 0.717) is 32.7 Å². The second-order valence-electron chi connectivity index (χ2n) is 25.6. The molecule has 0 unspecified atom stereocenters. The fourth-order valence-electron chi connectivity index (χ4n) is 10.1. The second kappa shape index (κ2) is 48.5. The summed E-state index contributed by atoms with van der Waals surface area (Å²) in [6.07, 6.45) is -0.0436. The number of hydrogen-bond donors (Lipinski definition) is 8. The van der Waals surface area contributed by atoms with Gasteiger partial charge in [-0.3, -0.25) is 33.6 Å². The number of aliphatic carboxylic acids is 1. The zero-order chi connectivity index (χ0) is 75.0. The molecule has 97 heavy (non-hydrogen) atoms. The van der Waals surface area contributed by atoms with Crippen molar-refractivity contribution in [1.29, 1.82) is 0 Å². The summed E-state index contributed by atoms with van der Waals surface area (Å²) < 4.78 is 93.2. The molecule has 566 valence electrons. The molecule has 5 amide bonds. The zero-order valence-corrected chi connectivity index (χ0v) is 60.7. The first-order chi connectivity index (χ1) is 45.0. The SMILES string of the molecule is CC(C)(C)OC(=O)NCCCCCO.CC[C@H]1O[C@@H](OC(C)=O)[C@H](NC(C)=O)[C@@H](OC(C)=O)[C@H]1C.CC[C@H]1O[C@@H](OCCCCCNC(=O)OC(C)(C)C)[C@H](NC(C)=O)[C@@H](OC(C)=O)[C@H]1C.CC[C@H]1O[C@@H](OCCCCC[NH3+])[C@H](NC(C)=O)[C@@H](OC(C)=O)[C@H]1C.O=C(O)C(F)(F)F. The highest BCUT2D eigenvalue weighted by Gasteiger charge is 2.49. The first-order valence-corrected chi connectivity index (χ1v) is 33.3. The molecule has 15 atom stereocenters. The summed E-state index contributed by atoms with van der Waals surface area (Å²) in [6.45, 7) is 35.4. The summed E-state index contributed by atoms with van der Waals surface area (Å²) >= 11 is 0. The van der Waals surface area contributed by atoms with E-state index in [2.05, 4.69) is 32.3 Å². The number of esters is 4. The number of halogens is 3. The number of aliphatic hydroxyl groups is 1. The van der Waals surface area contributed by atoms with E-state index in [9.17, 15) is 56.3 Å². The molecule has 0 aromatic rings. The lowest BCUT2D eigenvalue weighted by molar-refractivity contribution is -0.368. The first kappa shape index (κ1) is 92.9. The van der Waals surface area contributed by atoms with Gasteiger partial charge < -0.3 is 94.6 Å². The van der Waals surface area contributed by atoms with Crippen LogP contribution in [0.1, 0.15) is 209 Å². The summed E-state index contributed by atoms with van der Waals surface area (Å²) in [6, 6.07) is -1.81. The number of amides is 5. The van der Waals surface area contributed by atoms with Crippen molar-refractivity contribution in [2.45, 2.75) is 300 Å². The minimum Gasteiger partial charge on any atom is -0.475 e. The van der Waals surface area contributed by atoms with Crippen molar-refractivity contribution in [2.24, 2.45) is 17.8 Å². The molecule has 32 heteroatoms. The van der Waals surface area contributed by atoms with E-state index in [1.54, 1.807) is 0 Å². The fraction of sp³-hybridized carbons (Fsp3) is 0.846. The Kier molecular flexibility index (Phi) is 46.5. The summed E-state index contributed by atoms with van der Waals surface area (Å²) in [5.74, 6) is -5.51. The maximum atomic E-state index is 11.7. The summed E-state index contributed by atoms with van der Waals surface area (Å²) in [4.78, 5) is 112. The Balaban J connectivity index is 0. The standard InChI is InChI=1S/C22H40N2O7.C17H32N2O5.C14H23NO6.C10H21NO3.C2HF3O2/c1-8-17-14(2)19(29-16(4)26)18(24-15(3)25)20(30-17)28-13-11-9-10-12-23-21(27)31-22(5,6)7;1-5-14-11(2)16(23-13(4)21)15(19-12(3)20)17(24-14)22-10-8-6-7-9-18;1-6-11-7(2)13(19-9(4)17)12(15-8(3)16)14(21-11)20-10(5)18;1-10(2,3)14-9(13)11-7-5-4-6-8-12;3-2(4,5)1(6)7/h14,17-20H,8-13H2,1-7H3,(H,23,27)(H,24,25);11,14-17H,5-10,18H2,1-4H3,(H,19,20);7,11-14H,6H2,1-5H3,(H,15,16);12H,4-8H2,1-3H3,(H,11,13);(H,6,7)/p+1/t14-,17+,18+,19-,20+;11-,14+,15+,16-,17+;7-,11+,12+,13-,14+;;/m000../s1. The summed E-state index contributed by atoms with van der Waals surface area (Å²) in [5.41, 5.74) is 2.87. The predicted octanol–water partition coefficient (Wildman–Crippen LogP) is 6.59. The quantitative estimate of drug-likeness (QED) is 0.0232. The molecule has 0 saturated carbocycles. The number of unbranched alkanes of at least 4 members (excludes halogenated alkanes) is 6. The van der Waals surface area contributed by atoms with Crippen LogP contribution in [0.15, 0.2) is 0 Å². The van der Waals surface area contributed by atoms with E-state index < -0.39 is 103 Å². The third-order valence-corrected chi connectivity index (χ3v) is 14.4. The van der Waals surface area contributed by atoms with Crippen molar-refractivity contribution >= 4 is 59.8 Å². The molecule has 3 rings (SSSR count). The van der Waals surface area contributed by atoms with Crippen LogP contribution in [-0.2, 0) is 90.5 Å². The van der Waals surface area contributed by atoms with Gasteiger partial charge in [0, 0.05) is 99.1 Å². The number of carbonyl (C=O) groups is 10. The largest absolute Gasteiger partial charge is 0.490 e. The zero-order valence-electron chi connectivity index (χ0n) is 60.7. The Bertz CT molecular complexity index is 2350. The molecule has 10 N–H and O–H groups in total. The van der Waals surface area contributed by atoms with E-state index in [1.165, 1.54) is 48.5 Å². The van der Waals surface area contributed by atoms with Gasteiger partial charge in [0.15, 0.2) is 12.6 Å². The molecule has 0 spiro atoms. The maximum absolute atomic E-state index is 11.7. The molecular formula is C65H118F3N6O23+. The average molecular weight is 1410 g/mol. The third kappa shape index (κ3) is 42.4. The maximum Gasteiger partial charge on any atom is 0.490 e. The number of alkyl carbamates (subject to hydrolysis) is 2. The van der Waals surface area contributed by atoms with Gasteiger partial charge in [-0.05, 0) is 119 Å². The molecule has 0 bridgehead atoms. The molecule has 0 aliphatic carbocycles. The molecule has 0 aromatic heterocycles. The number of alkyl halides is 3. The van der Waals surface area contributed by atoms with Crippen LogP contribution < -0.4 is 32.3 Å². The number of carbonyl (C=O) groups excluding carboxylic acids is 9. The third-order valence-electron chi connectivity index (χ3n) is 14.4. The lowest BCUT2D eigenvalue weighted by Crippen LogP contribution is -2.62. The number of aliphatic hydroxyl groups excluding tert-OH is 1. The number of rotatable bonds is 28. The summed E-state index contributed by atoms with van der Waals surface area (Å²) in [5, 5.41) is 29.3. The highest BCUT2D eigenvalue weighted by molar-refractivity contribution is 5.75. The second-order valence-corrected chi connectivity index (χ2v) is 25.6. The monoisotopic (exact) mass is 1410 g/mol. The Hall–Kier alpha value is -6.19. The van der Waals surface area contributed by atoms with Crippen LogP contribution in [0.2, 0.25) is 0 Å². The van der Waals surface area contributed by atoms with E-state index in [1.807, 2.05) is 83.1 Å². The van der Waals surface area contributed by atoms with Crippen molar-refractivity contribution in [1.82, 2.24) is 26.6 Å². The molecule has 29 nitrogen and oxygen atoms in total. The van der Waals surface area contributed by atoms with Crippen molar-refractivity contribution in [3.8, 4) is 0 Å². The normalized spacial score (nSPS) is 25.1. The lowest BCUT2D eigenvalue weighted by Gasteiger charge is -2.44. The van der Waals surface area contributed by atoms with Crippen LogP contribution in [0.25, 0.3) is 0 Å². The Morgan fingerprint density at radius 2 is 0.742 bits per heavy atom. The molecule has 3 fully saturated rings. The molecular weight excluding hydrogens is 1290 g/mol. The number of nitrogens with one attached hydrogen (secondary N) is 5. The van der Waals surface area contributed by atoms with Crippen molar-refractivity contribution in [3.05, 3.63) is 0 Å². The molecule has 3 heterocycles. The number of ether oxygens (including phenoxy) is 11. The Morgan fingerprint density at radius 3 is 1.00 bits per heavy atom. The van der Waals surface area contributed by atoms with Gasteiger partial charge in [-0.25, -0.2) is 14.4 Å². The van der Waals surface area contributed by atoms with Gasteiger partial charge >= 0.3 is 48.2 Å². The predicted molar refractivity (Wildman–Crippen MR) is 346 cm³/mol. The van der Waals surface area contributed by atoms with E-state index in [4.69, 9.17) is 67.1 Å². The molecule has 3 aliphatic rings. The van der Waals surface area contributed by atoms with Crippen LogP contribution >= 0.6 is 0 Å². The Morgan fingerprint density at radius 1 is 0.454 bits per heavy atom. The molecule has 0 aromatic carbocycles. The van der Waals surface area contributed by atoms with Gasteiger partial charge in [0.05, 0.1) is 24.9 Å². The van der Waals surface area contributed by atoms with Crippen molar-refractivity contribution < 1.29 is 129 Å². The fourth-order valence-corrected chi connectivity index (χ4v) is 10.1. The number of quaternary nitrogens is 1. The van der Waals surface area contributed by atoms with Crippen molar-refractivity contribution in [2.75, 3.05) is 39.5 Å². The van der Waals surface area contributed by atoms with Crippen LogP contribution in [-0.4, -0.2) is 200 Å². The average Bonchev–Trinajstić information content (AvgIpc) is 0.815. The highest BCUT2D eigenvalue weighted by atomic mass is 19.4. The van der Waals surface area contributed by atoms with Gasteiger partial charge in [-0.15, -0.1) is 0 Å². The van der Waals surface area contributed by atoms with E-state index in [0.717, 1.165) is 77.2 Å². The molecule has 3 saturated heterocycles. The van der Waals surface area contributed by atoms with Gasteiger partial charge in [-0.1, -0.05) is 41.5 Å². The van der Waals surface area contributed by atoms with Gasteiger partial charge in [0.2, 0.25) is 24.0 Å². The smallest absolute Gasteiger partial charge is 0.475 e. The van der Waals surface area contributed by atoms with Crippen molar-refractivity contribution in [3.63, 3.8) is 0 Å². The highest BCUT2D eigenvalue weighted by Crippen LogP contribution is 2.34. The minimum atomic E-state index is -5.08. The number of carboxylic acids is 1. The van der Waals surface area contributed by atoms with E-state index in [-0.39, 0.29) is 72.5 Å². The van der Waals surface area contributed by atoms with Crippen LogP contribution in [0.4, 0.5) is 22.8 Å². The van der Waals surface area contributed by atoms with Crippen LogP contribution in [0.5, 0.6) is 0 Å². The van der Waals surface area contributed by atoms with Gasteiger partial charge in [0.25, 0.3) is 0 Å². The number of carboxylic acid groups (broad SMARTS) is 1. The first-order valence-electron chi connectivity index (χ1n) is 33.3.